The van der Waals surface area contributed by atoms with Gasteiger partial charge in [-0.25, -0.2) is 4.98 Å². The van der Waals surface area contributed by atoms with Crippen molar-refractivity contribution in [1.29, 1.82) is 0 Å². The van der Waals surface area contributed by atoms with Gasteiger partial charge in [0, 0.05) is 11.3 Å². The van der Waals surface area contributed by atoms with Crippen molar-refractivity contribution >= 4 is 6.29 Å². The quantitative estimate of drug-likeness (QED) is 0.707. The van der Waals surface area contributed by atoms with Crippen molar-refractivity contribution in [2.45, 2.75) is 27.7 Å². The first-order valence-electron chi connectivity index (χ1n) is 7.70. The summed E-state index contributed by atoms with van der Waals surface area (Å²) in [5, 5.41) is 0. The van der Waals surface area contributed by atoms with Crippen LogP contribution in [0.2, 0.25) is 0 Å². The van der Waals surface area contributed by atoms with Crippen LogP contribution in [0.4, 0.5) is 0 Å². The molecule has 3 nitrogen and oxygen atoms in total. The summed E-state index contributed by atoms with van der Waals surface area (Å²) in [6, 6.07) is 12.8. The highest BCUT2D eigenvalue weighted by Crippen LogP contribution is 2.31. The smallest absolute Gasteiger partial charge is 0.170 e. The van der Waals surface area contributed by atoms with E-state index in [0.29, 0.717) is 5.69 Å². The van der Waals surface area contributed by atoms with E-state index in [1.165, 1.54) is 27.8 Å². The van der Waals surface area contributed by atoms with Crippen LogP contribution in [0.15, 0.2) is 36.4 Å². The monoisotopic (exact) mass is 304 g/mol. The predicted molar refractivity (Wildman–Crippen MR) is 93.8 cm³/mol. The van der Waals surface area contributed by atoms with Gasteiger partial charge in [0.1, 0.15) is 11.5 Å². The zero-order valence-electron chi connectivity index (χ0n) is 13.9. The summed E-state index contributed by atoms with van der Waals surface area (Å²) in [6.45, 7) is 8.21. The number of benzene rings is 2. The molecule has 0 atom stereocenters. The third kappa shape index (κ3) is 2.82. The van der Waals surface area contributed by atoms with E-state index in [1.54, 1.807) is 0 Å². The lowest BCUT2D eigenvalue weighted by Crippen LogP contribution is -1.91. The Bertz CT molecular complexity index is 870. The maximum absolute atomic E-state index is 11.0. The highest BCUT2D eigenvalue weighted by atomic mass is 16.1. The van der Waals surface area contributed by atoms with Crippen molar-refractivity contribution in [1.82, 2.24) is 9.97 Å². The number of aldehydes is 1. The normalized spacial score (nSPS) is 10.8. The largest absolute Gasteiger partial charge is 0.341 e. The molecular weight excluding hydrogens is 284 g/mol. The molecule has 1 heterocycles. The van der Waals surface area contributed by atoms with Crippen LogP contribution in [0.5, 0.6) is 0 Å². The molecule has 0 aliphatic carbocycles. The van der Waals surface area contributed by atoms with E-state index < -0.39 is 0 Å². The molecule has 0 saturated carbocycles. The van der Waals surface area contributed by atoms with E-state index in [1.807, 2.05) is 6.92 Å². The number of aromatic amines is 1. The maximum Gasteiger partial charge on any atom is 0.170 e. The van der Waals surface area contributed by atoms with E-state index in [2.05, 4.69) is 67.1 Å². The molecule has 1 N–H and O–H groups in total. The summed E-state index contributed by atoms with van der Waals surface area (Å²) in [5.74, 6) is 0.737. The molecule has 0 spiro atoms. The first-order valence-corrected chi connectivity index (χ1v) is 7.70. The molecule has 2 aromatic carbocycles. The number of hydrogen-bond donors (Lipinski definition) is 1. The minimum absolute atomic E-state index is 0.468. The van der Waals surface area contributed by atoms with Crippen LogP contribution in [0.1, 0.15) is 32.9 Å². The van der Waals surface area contributed by atoms with Crippen LogP contribution in [0.3, 0.4) is 0 Å². The van der Waals surface area contributed by atoms with Crippen molar-refractivity contribution in [3.8, 4) is 22.5 Å². The van der Waals surface area contributed by atoms with E-state index >= 15 is 0 Å². The van der Waals surface area contributed by atoms with E-state index in [9.17, 15) is 4.79 Å². The Morgan fingerprint density at radius 1 is 0.957 bits per heavy atom. The van der Waals surface area contributed by atoms with Gasteiger partial charge in [-0.3, -0.25) is 4.79 Å². The van der Waals surface area contributed by atoms with Gasteiger partial charge in [0.2, 0.25) is 0 Å². The Hall–Kier alpha value is -2.68. The standard InChI is InChI=1S/C20H20N2O/c1-12-8-16(19-13(2)6-5-7-14(19)3)10-17(9-12)20-21-15(4)18(11-23)22-20/h5-11H,1-4H3,(H,21,22). The fourth-order valence-electron chi connectivity index (χ4n) is 3.06. The lowest BCUT2D eigenvalue weighted by Gasteiger charge is -2.12. The number of hydrogen-bond acceptors (Lipinski definition) is 2. The Labute approximate surface area is 136 Å². The molecule has 3 heteroatoms. The fourth-order valence-corrected chi connectivity index (χ4v) is 3.06. The lowest BCUT2D eigenvalue weighted by molar-refractivity contribution is 0.111. The van der Waals surface area contributed by atoms with Crippen molar-refractivity contribution < 1.29 is 4.79 Å². The van der Waals surface area contributed by atoms with Gasteiger partial charge in [-0.05, 0) is 67.6 Å². The summed E-state index contributed by atoms with van der Waals surface area (Å²) in [4.78, 5) is 18.6. The van der Waals surface area contributed by atoms with Gasteiger partial charge >= 0.3 is 0 Å². The average Bonchev–Trinajstić information content (AvgIpc) is 2.88. The number of aromatic nitrogens is 2. The van der Waals surface area contributed by atoms with Gasteiger partial charge in [0.25, 0.3) is 0 Å². The first kappa shape index (κ1) is 15.2. The second-order valence-corrected chi connectivity index (χ2v) is 6.07. The van der Waals surface area contributed by atoms with Gasteiger partial charge in [0.05, 0.1) is 0 Å². The van der Waals surface area contributed by atoms with Gasteiger partial charge < -0.3 is 4.98 Å². The van der Waals surface area contributed by atoms with E-state index in [-0.39, 0.29) is 0 Å². The molecule has 0 aliphatic rings. The summed E-state index contributed by atoms with van der Waals surface area (Å²) in [6.07, 6.45) is 0.789. The molecule has 0 radical (unpaired) electrons. The number of H-pyrrole nitrogens is 1. The van der Waals surface area contributed by atoms with Gasteiger partial charge in [-0.1, -0.05) is 24.3 Å². The van der Waals surface area contributed by atoms with Crippen LogP contribution in [0, 0.1) is 27.7 Å². The topological polar surface area (TPSA) is 45.8 Å². The summed E-state index contributed by atoms with van der Waals surface area (Å²) in [5.41, 5.74) is 8.38. The van der Waals surface area contributed by atoms with Crippen molar-refractivity contribution in [3.05, 3.63) is 64.5 Å². The summed E-state index contributed by atoms with van der Waals surface area (Å²) in [7, 11) is 0. The highest BCUT2D eigenvalue weighted by molar-refractivity contribution is 5.78. The number of aryl methyl sites for hydroxylation is 4. The maximum atomic E-state index is 11.0. The van der Waals surface area contributed by atoms with Gasteiger partial charge in [0.15, 0.2) is 6.29 Å². The SMILES string of the molecule is Cc1cc(-c2nc(C=O)c(C)[nH]2)cc(-c2c(C)cccc2C)c1. The molecule has 3 aromatic rings. The second kappa shape index (κ2) is 5.84. The number of nitrogens with one attached hydrogen (secondary N) is 1. The van der Waals surface area contributed by atoms with Crippen LogP contribution < -0.4 is 0 Å². The van der Waals surface area contributed by atoms with Gasteiger partial charge in [-0.15, -0.1) is 0 Å². The van der Waals surface area contributed by atoms with Crippen LogP contribution >= 0.6 is 0 Å². The Balaban J connectivity index is 2.18. The van der Waals surface area contributed by atoms with Crippen molar-refractivity contribution in [2.75, 3.05) is 0 Å². The third-order valence-electron chi connectivity index (χ3n) is 4.15. The van der Waals surface area contributed by atoms with Crippen LogP contribution in [-0.4, -0.2) is 16.3 Å². The average molecular weight is 304 g/mol. The minimum Gasteiger partial charge on any atom is -0.341 e. The van der Waals surface area contributed by atoms with E-state index in [0.717, 1.165) is 23.4 Å². The molecule has 0 aliphatic heterocycles. The third-order valence-corrected chi connectivity index (χ3v) is 4.15. The molecule has 0 amide bonds. The highest BCUT2D eigenvalue weighted by Gasteiger charge is 2.11. The summed E-state index contributed by atoms with van der Waals surface area (Å²) >= 11 is 0. The zero-order valence-corrected chi connectivity index (χ0v) is 13.9. The molecule has 23 heavy (non-hydrogen) atoms. The Morgan fingerprint density at radius 2 is 1.61 bits per heavy atom. The van der Waals surface area contributed by atoms with E-state index in [4.69, 9.17) is 0 Å². The number of carbonyl (C=O) groups excluding carboxylic acids is 1. The first-order chi connectivity index (χ1) is 11.0. The lowest BCUT2D eigenvalue weighted by atomic mass is 9.93. The second-order valence-electron chi connectivity index (χ2n) is 6.07. The molecule has 0 unspecified atom stereocenters. The molecule has 1 aromatic heterocycles. The van der Waals surface area contributed by atoms with Crippen LogP contribution in [0.25, 0.3) is 22.5 Å². The number of carbonyl (C=O) groups is 1. The molecule has 0 fully saturated rings. The number of rotatable bonds is 3. The number of imidazole rings is 1. The minimum atomic E-state index is 0.468. The van der Waals surface area contributed by atoms with Gasteiger partial charge in [-0.2, -0.15) is 0 Å². The molecule has 116 valence electrons. The number of nitrogens with zero attached hydrogens (tertiary/aromatic N) is 1. The Kier molecular flexibility index (Phi) is 3.87. The Morgan fingerprint density at radius 3 is 2.22 bits per heavy atom. The molecular formula is C20H20N2O. The fraction of sp³-hybridized carbons (Fsp3) is 0.200. The van der Waals surface area contributed by atoms with Crippen molar-refractivity contribution in [3.63, 3.8) is 0 Å². The molecule has 3 rings (SSSR count). The van der Waals surface area contributed by atoms with Crippen molar-refractivity contribution in [2.24, 2.45) is 0 Å². The molecule has 0 saturated heterocycles. The van der Waals surface area contributed by atoms with Crippen LogP contribution in [-0.2, 0) is 0 Å². The predicted octanol–water partition coefficient (Wildman–Crippen LogP) is 4.79. The molecule has 0 bridgehead atoms. The summed E-state index contributed by atoms with van der Waals surface area (Å²) < 4.78 is 0. The zero-order chi connectivity index (χ0) is 16.6.